The third-order valence-corrected chi connectivity index (χ3v) is 3.18. The second-order valence-corrected chi connectivity index (χ2v) is 4.31. The molecule has 1 unspecified atom stereocenters. The average molecular weight is 199 g/mol. The fourth-order valence-corrected chi connectivity index (χ4v) is 2.20. The predicted molar refractivity (Wildman–Crippen MR) is 61.7 cm³/mol. The molecule has 0 bridgehead atoms. The lowest BCUT2D eigenvalue weighted by Crippen LogP contribution is -2.43. The van der Waals surface area contributed by atoms with E-state index in [9.17, 15) is 0 Å². The van der Waals surface area contributed by atoms with E-state index in [1.165, 1.54) is 39.0 Å². The van der Waals surface area contributed by atoms with Gasteiger partial charge in [0.05, 0.1) is 0 Å². The second kappa shape index (κ2) is 6.38. The van der Waals surface area contributed by atoms with E-state index in [4.69, 9.17) is 0 Å². The van der Waals surface area contributed by atoms with E-state index in [0.29, 0.717) is 0 Å². The Bertz CT molecular complexity index is 149. The molecular weight excluding hydrogens is 174 g/mol. The maximum atomic E-state index is 3.29. The summed E-state index contributed by atoms with van der Waals surface area (Å²) in [4.78, 5) is 5.08. The second-order valence-electron chi connectivity index (χ2n) is 4.31. The zero-order valence-corrected chi connectivity index (χ0v) is 9.92. The lowest BCUT2D eigenvalue weighted by Gasteiger charge is -2.29. The van der Waals surface area contributed by atoms with E-state index in [1.807, 2.05) is 7.05 Å². The molecular formula is C11H25N3. The van der Waals surface area contributed by atoms with Crippen LogP contribution in [0, 0.1) is 0 Å². The van der Waals surface area contributed by atoms with Crippen LogP contribution in [0.5, 0.6) is 0 Å². The van der Waals surface area contributed by atoms with Crippen molar-refractivity contribution in [2.75, 3.05) is 46.8 Å². The number of nitrogens with zero attached hydrogens (tertiary/aromatic N) is 2. The van der Waals surface area contributed by atoms with Crippen molar-refractivity contribution in [3.05, 3.63) is 0 Å². The molecule has 0 aliphatic carbocycles. The Balaban J connectivity index is 2.40. The molecule has 1 aliphatic heterocycles. The van der Waals surface area contributed by atoms with Crippen LogP contribution in [0.3, 0.4) is 0 Å². The Morgan fingerprint density at radius 2 is 2.00 bits per heavy atom. The normalized spacial score (nSPS) is 23.4. The van der Waals surface area contributed by atoms with Gasteiger partial charge in [-0.1, -0.05) is 6.92 Å². The van der Waals surface area contributed by atoms with E-state index in [2.05, 4.69) is 29.1 Å². The minimum absolute atomic E-state index is 0.728. The number of likely N-dealkylation sites (N-methyl/N-ethyl adjacent to an activating group) is 2. The molecule has 0 aromatic carbocycles. The molecule has 1 rings (SSSR count). The highest BCUT2D eigenvalue weighted by Crippen LogP contribution is 2.08. The summed E-state index contributed by atoms with van der Waals surface area (Å²) in [6.07, 6.45) is 2.57. The quantitative estimate of drug-likeness (QED) is 0.716. The van der Waals surface area contributed by atoms with E-state index in [0.717, 1.165) is 12.6 Å². The third-order valence-electron chi connectivity index (χ3n) is 3.18. The molecule has 0 saturated carbocycles. The van der Waals surface area contributed by atoms with Gasteiger partial charge >= 0.3 is 0 Å². The molecule has 14 heavy (non-hydrogen) atoms. The van der Waals surface area contributed by atoms with Crippen LogP contribution < -0.4 is 5.32 Å². The maximum Gasteiger partial charge on any atom is 0.0218 e. The Morgan fingerprint density at radius 1 is 1.21 bits per heavy atom. The van der Waals surface area contributed by atoms with Gasteiger partial charge in [-0.15, -0.1) is 0 Å². The topological polar surface area (TPSA) is 18.5 Å². The number of hydrogen-bond donors (Lipinski definition) is 1. The first-order chi connectivity index (χ1) is 6.77. The Hall–Kier alpha value is -0.120. The molecule has 1 saturated heterocycles. The lowest BCUT2D eigenvalue weighted by molar-refractivity contribution is 0.195. The Kier molecular flexibility index (Phi) is 5.45. The van der Waals surface area contributed by atoms with Crippen molar-refractivity contribution in [1.29, 1.82) is 0 Å². The van der Waals surface area contributed by atoms with Crippen LogP contribution in [-0.2, 0) is 0 Å². The zero-order chi connectivity index (χ0) is 10.4. The summed E-state index contributed by atoms with van der Waals surface area (Å²) in [6.45, 7) is 8.39. The number of nitrogens with one attached hydrogen (secondary N) is 1. The number of hydrogen-bond acceptors (Lipinski definition) is 3. The molecule has 0 aromatic heterocycles. The first-order valence-corrected chi connectivity index (χ1v) is 5.85. The molecule has 0 aromatic rings. The highest BCUT2D eigenvalue weighted by atomic mass is 15.2. The molecule has 0 amide bonds. The van der Waals surface area contributed by atoms with E-state index in [-0.39, 0.29) is 0 Å². The Morgan fingerprint density at radius 3 is 2.64 bits per heavy atom. The molecule has 0 radical (unpaired) electrons. The van der Waals surface area contributed by atoms with Gasteiger partial charge in [-0.3, -0.25) is 4.90 Å². The SMILES string of the molecule is CCC(CNC)N1CCCN(C)CC1. The van der Waals surface area contributed by atoms with Crippen LogP contribution in [0.15, 0.2) is 0 Å². The van der Waals surface area contributed by atoms with Crippen molar-refractivity contribution in [2.24, 2.45) is 0 Å². The highest BCUT2D eigenvalue weighted by Gasteiger charge is 2.18. The van der Waals surface area contributed by atoms with Crippen LogP contribution in [0.2, 0.25) is 0 Å². The van der Waals surface area contributed by atoms with Gasteiger partial charge in [-0.05, 0) is 40.0 Å². The summed E-state index contributed by atoms with van der Waals surface area (Å²) in [5, 5.41) is 3.29. The lowest BCUT2D eigenvalue weighted by atomic mass is 10.2. The van der Waals surface area contributed by atoms with Gasteiger partial charge in [-0.2, -0.15) is 0 Å². The van der Waals surface area contributed by atoms with Gasteiger partial charge in [-0.25, -0.2) is 0 Å². The molecule has 84 valence electrons. The van der Waals surface area contributed by atoms with Crippen molar-refractivity contribution in [3.63, 3.8) is 0 Å². The fraction of sp³-hybridized carbons (Fsp3) is 1.00. The molecule has 3 heteroatoms. The van der Waals surface area contributed by atoms with Gasteiger partial charge in [0, 0.05) is 25.7 Å². The molecule has 1 N–H and O–H groups in total. The molecule has 3 nitrogen and oxygen atoms in total. The van der Waals surface area contributed by atoms with Crippen LogP contribution in [-0.4, -0.2) is 62.7 Å². The van der Waals surface area contributed by atoms with Crippen LogP contribution in [0.1, 0.15) is 19.8 Å². The first kappa shape index (κ1) is 12.0. The standard InChI is InChI=1S/C11H25N3/c1-4-11(10-12-2)14-7-5-6-13(3)8-9-14/h11-12H,4-10H2,1-3H3. The van der Waals surface area contributed by atoms with E-state index >= 15 is 0 Å². The van der Waals surface area contributed by atoms with Crippen LogP contribution in [0.4, 0.5) is 0 Å². The van der Waals surface area contributed by atoms with Gasteiger partial charge in [0.1, 0.15) is 0 Å². The van der Waals surface area contributed by atoms with Crippen LogP contribution >= 0.6 is 0 Å². The summed E-state index contributed by atoms with van der Waals surface area (Å²) < 4.78 is 0. The largest absolute Gasteiger partial charge is 0.318 e. The van der Waals surface area contributed by atoms with E-state index in [1.54, 1.807) is 0 Å². The maximum absolute atomic E-state index is 3.29. The van der Waals surface area contributed by atoms with Gasteiger partial charge in [0.15, 0.2) is 0 Å². The number of rotatable bonds is 4. The molecule has 1 heterocycles. The highest BCUT2D eigenvalue weighted by molar-refractivity contribution is 4.76. The van der Waals surface area contributed by atoms with Gasteiger partial charge in [0.2, 0.25) is 0 Å². The van der Waals surface area contributed by atoms with Crippen molar-refractivity contribution < 1.29 is 0 Å². The average Bonchev–Trinajstić information content (AvgIpc) is 2.40. The summed E-state index contributed by atoms with van der Waals surface area (Å²) in [6, 6.07) is 0.728. The van der Waals surface area contributed by atoms with E-state index < -0.39 is 0 Å². The predicted octanol–water partition coefficient (Wildman–Crippen LogP) is 0.622. The van der Waals surface area contributed by atoms with Crippen molar-refractivity contribution in [3.8, 4) is 0 Å². The minimum Gasteiger partial charge on any atom is -0.318 e. The summed E-state index contributed by atoms with van der Waals surface area (Å²) in [5.41, 5.74) is 0. The minimum atomic E-state index is 0.728. The molecule has 1 fully saturated rings. The van der Waals surface area contributed by atoms with Crippen LogP contribution in [0.25, 0.3) is 0 Å². The monoisotopic (exact) mass is 199 g/mol. The summed E-state index contributed by atoms with van der Waals surface area (Å²) in [7, 11) is 4.27. The van der Waals surface area contributed by atoms with Crippen molar-refractivity contribution in [2.45, 2.75) is 25.8 Å². The Labute approximate surface area is 88.5 Å². The van der Waals surface area contributed by atoms with Gasteiger partial charge < -0.3 is 10.2 Å². The smallest absolute Gasteiger partial charge is 0.0218 e. The summed E-state index contributed by atoms with van der Waals surface area (Å²) >= 11 is 0. The zero-order valence-electron chi connectivity index (χ0n) is 9.92. The first-order valence-electron chi connectivity index (χ1n) is 5.85. The fourth-order valence-electron chi connectivity index (χ4n) is 2.20. The van der Waals surface area contributed by atoms with Crippen molar-refractivity contribution in [1.82, 2.24) is 15.1 Å². The molecule has 1 aliphatic rings. The molecule has 1 atom stereocenters. The van der Waals surface area contributed by atoms with Crippen molar-refractivity contribution >= 4 is 0 Å². The van der Waals surface area contributed by atoms with Gasteiger partial charge in [0.25, 0.3) is 0 Å². The summed E-state index contributed by atoms with van der Waals surface area (Å²) in [5.74, 6) is 0. The molecule has 0 spiro atoms. The third kappa shape index (κ3) is 3.56.